The van der Waals surface area contributed by atoms with E-state index in [1.807, 2.05) is 25.2 Å². The first-order chi connectivity index (χ1) is 8.61. The van der Waals surface area contributed by atoms with E-state index in [9.17, 15) is 0 Å². The van der Waals surface area contributed by atoms with Crippen LogP contribution in [0.3, 0.4) is 0 Å². The Labute approximate surface area is 118 Å². The van der Waals surface area contributed by atoms with Crippen molar-refractivity contribution in [1.29, 1.82) is 0 Å². The maximum atomic E-state index is 6.08. The Bertz CT molecular complexity index is 542. The molecule has 1 aromatic carbocycles. The van der Waals surface area contributed by atoms with Gasteiger partial charge in [-0.3, -0.25) is 16.0 Å². The molecule has 3 N–H and O–H groups in total. The zero-order valence-electron chi connectivity index (χ0n) is 9.77. The molecule has 0 fully saturated rings. The summed E-state index contributed by atoms with van der Waals surface area (Å²) in [6, 6.07) is 5.70. The molecule has 0 spiro atoms. The van der Waals surface area contributed by atoms with Gasteiger partial charge in [-0.25, -0.2) is 4.98 Å². The molecule has 0 aliphatic carbocycles. The zero-order chi connectivity index (χ0) is 13.1. The molecular weight excluding hydrogens is 318 g/mol. The zero-order valence-corrected chi connectivity index (χ0v) is 12.1. The van der Waals surface area contributed by atoms with Gasteiger partial charge < -0.3 is 0 Å². The number of rotatable bonds is 4. The van der Waals surface area contributed by atoms with Gasteiger partial charge in [-0.2, -0.15) is 5.10 Å². The van der Waals surface area contributed by atoms with E-state index in [0.717, 1.165) is 15.9 Å². The molecule has 0 saturated heterocycles. The van der Waals surface area contributed by atoms with E-state index in [0.29, 0.717) is 11.4 Å². The number of benzene rings is 1. The minimum absolute atomic E-state index is 0.0569. The van der Waals surface area contributed by atoms with Crippen molar-refractivity contribution in [2.75, 3.05) is 0 Å². The highest BCUT2D eigenvalue weighted by Crippen LogP contribution is 2.26. The second-order valence-electron chi connectivity index (χ2n) is 3.90. The van der Waals surface area contributed by atoms with Crippen LogP contribution in [-0.4, -0.2) is 14.8 Å². The van der Waals surface area contributed by atoms with E-state index >= 15 is 0 Å². The van der Waals surface area contributed by atoms with Crippen LogP contribution in [0.2, 0.25) is 5.02 Å². The van der Waals surface area contributed by atoms with Crippen LogP contribution in [0.4, 0.5) is 0 Å². The fourth-order valence-electron chi connectivity index (χ4n) is 1.69. The van der Waals surface area contributed by atoms with Crippen molar-refractivity contribution in [3.63, 3.8) is 0 Å². The monoisotopic (exact) mass is 329 g/mol. The van der Waals surface area contributed by atoms with Crippen LogP contribution in [0, 0.1) is 0 Å². The molecule has 1 aromatic heterocycles. The van der Waals surface area contributed by atoms with Crippen LogP contribution in [0.15, 0.2) is 29.0 Å². The summed E-state index contributed by atoms with van der Waals surface area (Å²) in [7, 11) is 1.85. The number of aryl methyl sites for hydroxylation is 1. The lowest BCUT2D eigenvalue weighted by Crippen LogP contribution is -2.30. The van der Waals surface area contributed by atoms with Gasteiger partial charge in [-0.1, -0.05) is 17.7 Å². The molecule has 0 amide bonds. The number of aromatic nitrogens is 3. The average Bonchev–Trinajstić information content (AvgIpc) is 2.75. The number of nitrogens with zero attached hydrogens (tertiary/aromatic N) is 3. The van der Waals surface area contributed by atoms with Crippen LogP contribution >= 0.6 is 27.5 Å². The van der Waals surface area contributed by atoms with E-state index in [-0.39, 0.29) is 6.04 Å². The summed E-state index contributed by atoms with van der Waals surface area (Å²) in [5.74, 6) is 6.46. The van der Waals surface area contributed by atoms with Gasteiger partial charge in [0.1, 0.15) is 12.2 Å². The molecular formula is C11H13BrClN5. The first-order valence-electron chi connectivity index (χ1n) is 5.35. The summed E-state index contributed by atoms with van der Waals surface area (Å²) >= 11 is 9.44. The smallest absolute Gasteiger partial charge is 0.138 e. The molecule has 1 atom stereocenters. The van der Waals surface area contributed by atoms with Crippen LogP contribution in [0.5, 0.6) is 0 Å². The van der Waals surface area contributed by atoms with E-state index in [4.69, 9.17) is 17.4 Å². The Hall–Kier alpha value is -0.950. The van der Waals surface area contributed by atoms with Crippen molar-refractivity contribution in [3.8, 4) is 0 Å². The average molecular weight is 331 g/mol. The molecule has 1 heterocycles. The third-order valence-corrected chi connectivity index (χ3v) is 3.97. The predicted molar refractivity (Wildman–Crippen MR) is 73.9 cm³/mol. The lowest BCUT2D eigenvalue weighted by Gasteiger charge is -2.16. The Kier molecular flexibility index (Phi) is 4.34. The Morgan fingerprint density at radius 1 is 1.56 bits per heavy atom. The Balaban J connectivity index is 2.23. The lowest BCUT2D eigenvalue weighted by molar-refractivity contribution is 0.523. The number of nitrogens with one attached hydrogen (secondary N) is 1. The number of nitrogens with two attached hydrogens (primary N) is 1. The van der Waals surface area contributed by atoms with Gasteiger partial charge in [0.15, 0.2) is 0 Å². The molecule has 0 saturated carbocycles. The number of hydrogen-bond acceptors (Lipinski definition) is 4. The van der Waals surface area contributed by atoms with Gasteiger partial charge in [0.05, 0.1) is 11.1 Å². The van der Waals surface area contributed by atoms with Gasteiger partial charge in [0.25, 0.3) is 0 Å². The summed E-state index contributed by atoms with van der Waals surface area (Å²) in [6.07, 6.45) is 2.17. The SMILES string of the molecule is Cn1ncnc1CC(NN)c1ccc(Br)c(Cl)c1. The first-order valence-corrected chi connectivity index (χ1v) is 6.53. The molecule has 18 heavy (non-hydrogen) atoms. The van der Waals surface area contributed by atoms with Crippen molar-refractivity contribution in [2.45, 2.75) is 12.5 Å². The molecule has 96 valence electrons. The van der Waals surface area contributed by atoms with Crippen LogP contribution in [0.1, 0.15) is 17.4 Å². The van der Waals surface area contributed by atoms with Gasteiger partial charge in [-0.15, -0.1) is 0 Å². The summed E-state index contributed by atoms with van der Waals surface area (Å²) in [4.78, 5) is 4.18. The quantitative estimate of drug-likeness (QED) is 0.664. The lowest BCUT2D eigenvalue weighted by atomic mass is 10.0. The number of hydrogen-bond donors (Lipinski definition) is 2. The standard InChI is InChI=1S/C11H13BrClN5/c1-18-11(15-6-16-18)5-10(17-14)7-2-3-8(12)9(13)4-7/h2-4,6,10,17H,5,14H2,1H3. The van der Waals surface area contributed by atoms with Crippen molar-refractivity contribution in [1.82, 2.24) is 20.2 Å². The highest BCUT2D eigenvalue weighted by atomic mass is 79.9. The van der Waals surface area contributed by atoms with Gasteiger partial charge in [-0.05, 0) is 33.6 Å². The predicted octanol–water partition coefficient (Wildman–Crippen LogP) is 1.98. The van der Waals surface area contributed by atoms with Gasteiger partial charge in [0.2, 0.25) is 0 Å². The van der Waals surface area contributed by atoms with Crippen LogP contribution in [-0.2, 0) is 13.5 Å². The molecule has 0 bridgehead atoms. The fraction of sp³-hybridized carbons (Fsp3) is 0.273. The molecule has 2 rings (SSSR count). The highest BCUT2D eigenvalue weighted by molar-refractivity contribution is 9.10. The molecule has 0 aliphatic rings. The Morgan fingerprint density at radius 3 is 2.89 bits per heavy atom. The number of halogens is 2. The molecule has 7 heteroatoms. The maximum absolute atomic E-state index is 6.08. The van der Waals surface area contributed by atoms with E-state index in [1.165, 1.54) is 6.33 Å². The van der Waals surface area contributed by atoms with Gasteiger partial charge >= 0.3 is 0 Å². The normalized spacial score (nSPS) is 12.7. The van der Waals surface area contributed by atoms with Crippen molar-refractivity contribution < 1.29 is 0 Å². The Morgan fingerprint density at radius 2 is 2.33 bits per heavy atom. The van der Waals surface area contributed by atoms with Crippen molar-refractivity contribution >= 4 is 27.5 Å². The fourth-order valence-corrected chi connectivity index (χ4v) is 2.13. The topological polar surface area (TPSA) is 68.8 Å². The van der Waals surface area contributed by atoms with E-state index < -0.39 is 0 Å². The molecule has 0 aliphatic heterocycles. The van der Waals surface area contributed by atoms with Crippen molar-refractivity contribution in [3.05, 3.63) is 45.4 Å². The molecule has 1 unspecified atom stereocenters. The van der Waals surface area contributed by atoms with E-state index in [2.05, 4.69) is 31.4 Å². The second-order valence-corrected chi connectivity index (χ2v) is 5.16. The highest BCUT2D eigenvalue weighted by Gasteiger charge is 2.14. The summed E-state index contributed by atoms with van der Waals surface area (Å²) in [5, 5.41) is 4.69. The number of hydrazine groups is 1. The molecule has 0 radical (unpaired) electrons. The summed E-state index contributed by atoms with van der Waals surface area (Å²) in [6.45, 7) is 0. The molecule has 2 aromatic rings. The third-order valence-electron chi connectivity index (χ3n) is 2.74. The van der Waals surface area contributed by atoms with E-state index in [1.54, 1.807) is 4.68 Å². The minimum atomic E-state index is -0.0569. The van der Waals surface area contributed by atoms with Crippen LogP contribution < -0.4 is 11.3 Å². The van der Waals surface area contributed by atoms with Crippen molar-refractivity contribution in [2.24, 2.45) is 12.9 Å². The van der Waals surface area contributed by atoms with Crippen LogP contribution in [0.25, 0.3) is 0 Å². The largest absolute Gasteiger partial charge is 0.271 e. The third kappa shape index (κ3) is 2.89. The second kappa shape index (κ2) is 5.79. The summed E-state index contributed by atoms with van der Waals surface area (Å²) < 4.78 is 2.59. The van der Waals surface area contributed by atoms with Gasteiger partial charge in [0, 0.05) is 17.9 Å². The first kappa shape index (κ1) is 13.5. The minimum Gasteiger partial charge on any atom is -0.271 e. The maximum Gasteiger partial charge on any atom is 0.138 e. The summed E-state index contributed by atoms with van der Waals surface area (Å²) in [5.41, 5.74) is 3.78. The molecule has 5 nitrogen and oxygen atoms in total.